The molecule has 1 fully saturated rings. The van der Waals surface area contributed by atoms with Crippen molar-refractivity contribution in [2.45, 2.75) is 44.6 Å². The number of anilines is 1. The number of nitrogens with zero attached hydrogens (tertiary/aromatic N) is 1. The first-order chi connectivity index (χ1) is 13.8. The summed E-state index contributed by atoms with van der Waals surface area (Å²) in [7, 11) is -3.63. The third-order valence-corrected chi connectivity index (χ3v) is 7.01. The van der Waals surface area contributed by atoms with Gasteiger partial charge in [0.25, 0.3) is 5.91 Å². The number of nitrogens with one attached hydrogen (secondary N) is 3. The quantitative estimate of drug-likeness (QED) is 0.625. The van der Waals surface area contributed by atoms with E-state index < -0.39 is 10.0 Å². The number of benzene rings is 1. The maximum absolute atomic E-state index is 12.8. The normalized spacial score (nSPS) is 15.8. The van der Waals surface area contributed by atoms with Gasteiger partial charge < -0.3 is 10.6 Å². The second kappa shape index (κ2) is 10.3. The van der Waals surface area contributed by atoms with Gasteiger partial charge in [0.2, 0.25) is 10.0 Å². The maximum atomic E-state index is 12.8. The summed E-state index contributed by atoms with van der Waals surface area (Å²) in [5, 5.41) is 6.14. The largest absolute Gasteiger partial charge is 0.322 e. The summed E-state index contributed by atoms with van der Waals surface area (Å²) in [6.07, 6.45) is 5.12. The number of aromatic nitrogens is 1. The molecule has 0 radical (unpaired) electrons. The van der Waals surface area contributed by atoms with Crippen molar-refractivity contribution in [2.75, 3.05) is 18.4 Å². The minimum atomic E-state index is -3.63. The molecule has 1 atom stereocenters. The van der Waals surface area contributed by atoms with Crippen molar-refractivity contribution in [3.63, 3.8) is 0 Å². The van der Waals surface area contributed by atoms with Crippen LogP contribution in [0.25, 0.3) is 0 Å². The monoisotopic (exact) mass is 452 g/mol. The molecule has 9 heteroatoms. The van der Waals surface area contributed by atoms with E-state index in [2.05, 4.69) is 20.3 Å². The average Bonchev–Trinajstić information content (AvgIpc) is 2.70. The van der Waals surface area contributed by atoms with Gasteiger partial charge in [-0.3, -0.25) is 9.78 Å². The Morgan fingerprint density at radius 2 is 1.87 bits per heavy atom. The molecular formula is C21H29ClN4O3S. The van der Waals surface area contributed by atoms with Crippen molar-refractivity contribution < 1.29 is 13.2 Å². The molecule has 1 aromatic heterocycles. The lowest BCUT2D eigenvalue weighted by atomic mass is 9.92. The molecule has 1 amide bonds. The van der Waals surface area contributed by atoms with Gasteiger partial charge in [0.15, 0.2) is 0 Å². The van der Waals surface area contributed by atoms with Gasteiger partial charge in [-0.1, -0.05) is 0 Å². The predicted molar refractivity (Wildman–Crippen MR) is 121 cm³/mol. The third-order valence-electron chi connectivity index (χ3n) is 5.45. The van der Waals surface area contributed by atoms with Gasteiger partial charge in [0.05, 0.1) is 4.90 Å². The minimum absolute atomic E-state index is 0. The first-order valence-electron chi connectivity index (χ1n) is 9.83. The van der Waals surface area contributed by atoms with Gasteiger partial charge in [-0.2, -0.15) is 0 Å². The van der Waals surface area contributed by atoms with E-state index in [1.54, 1.807) is 37.5 Å². The van der Waals surface area contributed by atoms with Gasteiger partial charge in [-0.15, -0.1) is 12.4 Å². The Bertz CT molecular complexity index is 991. The highest BCUT2D eigenvalue weighted by Gasteiger charge is 2.25. The second-order valence-electron chi connectivity index (χ2n) is 7.62. The fourth-order valence-electron chi connectivity index (χ4n) is 3.61. The summed E-state index contributed by atoms with van der Waals surface area (Å²) < 4.78 is 28.4. The molecule has 164 valence electrons. The van der Waals surface area contributed by atoms with Gasteiger partial charge in [0, 0.05) is 29.7 Å². The van der Waals surface area contributed by atoms with Crippen LogP contribution in [-0.2, 0) is 10.0 Å². The summed E-state index contributed by atoms with van der Waals surface area (Å²) in [6.45, 7) is 7.36. The third kappa shape index (κ3) is 5.78. The molecule has 2 aromatic rings. The van der Waals surface area contributed by atoms with Crippen LogP contribution in [0.4, 0.5) is 5.69 Å². The number of halogens is 1. The average molecular weight is 453 g/mol. The Hall–Kier alpha value is -2.00. The number of rotatable bonds is 6. The molecule has 3 N–H and O–H groups in total. The first-order valence-corrected chi connectivity index (χ1v) is 11.3. The standard InChI is InChI=1S/C21H28N4O3S.ClH/c1-14-12-18(29(27,28)25-16(3)17-6-9-22-10-7-17)4-5-20(14)24-21(26)19-8-11-23-13-15(19)2;/h4-5,8,11-13,16-17,22,25H,6-7,9-10H2,1-3H3,(H,24,26);1H/t16-;/m1./s1. The number of hydrogen-bond acceptors (Lipinski definition) is 5. The molecule has 2 heterocycles. The number of aryl methyl sites for hydroxylation is 2. The van der Waals surface area contributed by atoms with E-state index in [1.165, 1.54) is 6.07 Å². The van der Waals surface area contributed by atoms with Crippen LogP contribution in [0.2, 0.25) is 0 Å². The van der Waals surface area contributed by atoms with E-state index in [9.17, 15) is 13.2 Å². The molecule has 3 rings (SSSR count). The number of carbonyl (C=O) groups excluding carboxylic acids is 1. The zero-order chi connectivity index (χ0) is 21.0. The molecule has 1 aliphatic heterocycles. The lowest BCUT2D eigenvalue weighted by Gasteiger charge is -2.28. The van der Waals surface area contributed by atoms with Gasteiger partial charge in [0.1, 0.15) is 0 Å². The van der Waals surface area contributed by atoms with Crippen molar-refractivity contribution in [1.29, 1.82) is 0 Å². The lowest BCUT2D eigenvalue weighted by Crippen LogP contribution is -2.42. The highest BCUT2D eigenvalue weighted by Crippen LogP contribution is 2.23. The molecule has 1 aromatic carbocycles. The smallest absolute Gasteiger partial charge is 0.256 e. The molecule has 0 spiro atoms. The number of hydrogen-bond donors (Lipinski definition) is 3. The van der Waals surface area contributed by atoms with Gasteiger partial charge in [-0.05, 0) is 88.0 Å². The van der Waals surface area contributed by atoms with Crippen LogP contribution >= 0.6 is 12.4 Å². The number of sulfonamides is 1. The van der Waals surface area contributed by atoms with E-state index in [1.807, 2.05) is 13.8 Å². The number of pyridine rings is 1. The lowest BCUT2D eigenvalue weighted by molar-refractivity contribution is 0.102. The van der Waals surface area contributed by atoms with Crippen molar-refractivity contribution in [3.05, 3.63) is 53.3 Å². The SMILES string of the molecule is Cc1cc(S(=O)(=O)N[C@H](C)C2CCNCC2)ccc1NC(=O)c1ccncc1C.Cl. The van der Waals surface area contributed by atoms with Crippen LogP contribution in [0.5, 0.6) is 0 Å². The molecule has 0 aliphatic carbocycles. The number of amides is 1. The Kier molecular flexibility index (Phi) is 8.37. The van der Waals surface area contributed by atoms with E-state index in [-0.39, 0.29) is 29.3 Å². The highest BCUT2D eigenvalue weighted by molar-refractivity contribution is 7.89. The van der Waals surface area contributed by atoms with Crippen LogP contribution < -0.4 is 15.4 Å². The molecule has 30 heavy (non-hydrogen) atoms. The summed E-state index contributed by atoms with van der Waals surface area (Å²) >= 11 is 0. The van der Waals surface area contributed by atoms with Gasteiger partial charge >= 0.3 is 0 Å². The first kappa shape index (κ1) is 24.3. The molecule has 0 unspecified atom stereocenters. The van der Waals surface area contributed by atoms with Crippen molar-refractivity contribution in [3.8, 4) is 0 Å². The van der Waals surface area contributed by atoms with Crippen LogP contribution in [0.3, 0.4) is 0 Å². The molecular weight excluding hydrogens is 424 g/mol. The zero-order valence-corrected chi connectivity index (χ0v) is 19.1. The van der Waals surface area contributed by atoms with Crippen LogP contribution in [0.1, 0.15) is 41.3 Å². The second-order valence-corrected chi connectivity index (χ2v) is 9.33. The zero-order valence-electron chi connectivity index (χ0n) is 17.4. The minimum Gasteiger partial charge on any atom is -0.322 e. The fourth-order valence-corrected chi connectivity index (χ4v) is 5.01. The van der Waals surface area contributed by atoms with E-state index in [0.717, 1.165) is 31.5 Å². The number of carbonyl (C=O) groups is 1. The fraction of sp³-hybridized carbons (Fsp3) is 0.429. The van der Waals surface area contributed by atoms with Gasteiger partial charge in [-0.25, -0.2) is 13.1 Å². The summed E-state index contributed by atoms with van der Waals surface area (Å²) in [6, 6.07) is 6.28. The molecule has 1 saturated heterocycles. The molecule has 1 aliphatic rings. The van der Waals surface area contributed by atoms with Crippen LogP contribution in [0, 0.1) is 19.8 Å². The summed E-state index contributed by atoms with van der Waals surface area (Å²) in [5.41, 5.74) is 2.57. The molecule has 0 saturated carbocycles. The highest BCUT2D eigenvalue weighted by atomic mass is 35.5. The van der Waals surface area contributed by atoms with Crippen molar-refractivity contribution in [1.82, 2.24) is 15.0 Å². The van der Waals surface area contributed by atoms with Crippen LogP contribution in [-0.4, -0.2) is 38.4 Å². The Morgan fingerprint density at radius 3 is 2.50 bits per heavy atom. The molecule has 0 bridgehead atoms. The number of piperidine rings is 1. The maximum Gasteiger partial charge on any atom is 0.256 e. The predicted octanol–water partition coefficient (Wildman–Crippen LogP) is 3.04. The topological polar surface area (TPSA) is 100 Å². The van der Waals surface area contributed by atoms with E-state index >= 15 is 0 Å². The van der Waals surface area contributed by atoms with E-state index in [0.29, 0.717) is 22.7 Å². The van der Waals surface area contributed by atoms with E-state index in [4.69, 9.17) is 0 Å². The van der Waals surface area contributed by atoms with Crippen LogP contribution in [0.15, 0.2) is 41.6 Å². The summed E-state index contributed by atoms with van der Waals surface area (Å²) in [5.74, 6) is 0.0792. The Labute approximate surface area is 184 Å². The van der Waals surface area contributed by atoms with Crippen molar-refractivity contribution >= 4 is 34.0 Å². The molecule has 7 nitrogen and oxygen atoms in total. The Balaban J connectivity index is 0.00000320. The van der Waals surface area contributed by atoms with Crippen molar-refractivity contribution in [2.24, 2.45) is 5.92 Å². The Morgan fingerprint density at radius 1 is 1.17 bits per heavy atom. The summed E-state index contributed by atoms with van der Waals surface area (Å²) in [4.78, 5) is 16.7.